The third-order valence-corrected chi connectivity index (χ3v) is 8.04. The van der Waals surface area contributed by atoms with Crippen LogP contribution in [0.3, 0.4) is 0 Å². The van der Waals surface area contributed by atoms with Gasteiger partial charge in [-0.1, -0.05) is 72.8 Å². The zero-order chi connectivity index (χ0) is 26.9. The van der Waals surface area contributed by atoms with Crippen LogP contribution >= 0.6 is 0 Å². The maximum atomic E-state index is 6.40. The van der Waals surface area contributed by atoms with Crippen LogP contribution in [0.25, 0.3) is 66.7 Å². The maximum absolute atomic E-state index is 6.40. The predicted octanol–water partition coefficient (Wildman–Crippen LogP) is 10.5. The number of aromatic nitrogens is 1. The fourth-order valence-electron chi connectivity index (χ4n) is 6.17. The van der Waals surface area contributed by atoms with Gasteiger partial charge in [0.15, 0.2) is 5.76 Å². The first kappa shape index (κ1) is 22.2. The second kappa shape index (κ2) is 8.44. The van der Waals surface area contributed by atoms with E-state index in [4.69, 9.17) is 13.8 Å². The number of oxazole rings is 1. The van der Waals surface area contributed by atoms with Crippen LogP contribution < -0.4 is 4.90 Å². The van der Waals surface area contributed by atoms with Gasteiger partial charge in [0.05, 0.1) is 0 Å². The second-order valence-corrected chi connectivity index (χ2v) is 10.4. The Balaban J connectivity index is 1.13. The summed E-state index contributed by atoms with van der Waals surface area (Å²) in [6, 6.07) is 46.1. The molecular formula is C37H22N2O2. The van der Waals surface area contributed by atoms with Gasteiger partial charge in [0.25, 0.3) is 0 Å². The number of nitrogens with zero attached hydrogens (tertiary/aromatic N) is 2. The minimum absolute atomic E-state index is 0.630. The summed E-state index contributed by atoms with van der Waals surface area (Å²) < 4.78 is 12.5. The van der Waals surface area contributed by atoms with Crippen molar-refractivity contribution in [3.63, 3.8) is 0 Å². The highest BCUT2D eigenvalue weighted by Crippen LogP contribution is 2.48. The van der Waals surface area contributed by atoms with Crippen molar-refractivity contribution in [2.75, 3.05) is 4.90 Å². The molecule has 2 aromatic heterocycles. The monoisotopic (exact) mass is 526 g/mol. The largest absolute Gasteiger partial charge is 0.456 e. The average Bonchev–Trinajstić information content (AvgIpc) is 3.71. The quantitative estimate of drug-likeness (QED) is 0.229. The van der Waals surface area contributed by atoms with E-state index < -0.39 is 0 Å². The van der Waals surface area contributed by atoms with Gasteiger partial charge in [-0.25, -0.2) is 4.98 Å². The molecule has 0 saturated carbocycles. The van der Waals surface area contributed by atoms with Crippen molar-refractivity contribution in [3.05, 3.63) is 133 Å². The summed E-state index contributed by atoms with van der Waals surface area (Å²) in [6.07, 6.45) is 0. The molecule has 0 atom stereocenters. The summed E-state index contributed by atoms with van der Waals surface area (Å²) in [5, 5.41) is 4.64. The molecule has 41 heavy (non-hydrogen) atoms. The Morgan fingerprint density at radius 2 is 1.22 bits per heavy atom. The van der Waals surface area contributed by atoms with Crippen LogP contribution in [-0.2, 0) is 0 Å². The molecule has 192 valence electrons. The van der Waals surface area contributed by atoms with Gasteiger partial charge in [0, 0.05) is 49.9 Å². The highest BCUT2D eigenvalue weighted by Gasteiger charge is 2.27. The summed E-state index contributed by atoms with van der Waals surface area (Å²) >= 11 is 0. The first-order chi connectivity index (χ1) is 20.3. The topological polar surface area (TPSA) is 42.4 Å². The lowest BCUT2D eigenvalue weighted by Gasteiger charge is -2.25. The highest BCUT2D eigenvalue weighted by atomic mass is 16.4. The van der Waals surface area contributed by atoms with Crippen LogP contribution in [0, 0.1) is 0 Å². The number of fused-ring (bicyclic) bond motifs is 6. The Labute approximate surface area is 235 Å². The van der Waals surface area contributed by atoms with Crippen LogP contribution in [0.2, 0.25) is 0 Å². The van der Waals surface area contributed by atoms with Crippen molar-refractivity contribution in [2.45, 2.75) is 0 Å². The zero-order valence-corrected chi connectivity index (χ0v) is 21.9. The molecule has 0 radical (unpaired) electrons. The third-order valence-electron chi connectivity index (χ3n) is 8.04. The molecule has 8 aromatic rings. The molecule has 0 unspecified atom stereocenters. The SMILES string of the molecule is c1ccc(N(c2ccc(-c3nc4c(o3)-c3cccc5cccc-4c35)cc2)c2ccc3oc4ccccc4c3c2)cc1. The molecule has 4 nitrogen and oxygen atoms in total. The Bertz CT molecular complexity index is 2200. The molecule has 0 amide bonds. The van der Waals surface area contributed by atoms with Gasteiger partial charge >= 0.3 is 0 Å². The van der Waals surface area contributed by atoms with E-state index in [1.807, 2.05) is 18.2 Å². The smallest absolute Gasteiger partial charge is 0.227 e. The van der Waals surface area contributed by atoms with E-state index >= 15 is 0 Å². The standard InChI is InChI=1S/C37H22N2O2/c1-2-10-25(11-3-1)39(27-20-21-33-31(22-27)28-12-4-5-15-32(28)40-33)26-18-16-24(17-19-26)37-38-35-29-13-6-8-23-9-7-14-30(34(23)29)36(35)41-37/h1-22H. The first-order valence-corrected chi connectivity index (χ1v) is 13.7. The lowest BCUT2D eigenvalue weighted by atomic mass is 10.0. The molecule has 0 bridgehead atoms. The number of rotatable bonds is 4. The molecular weight excluding hydrogens is 504 g/mol. The van der Waals surface area contributed by atoms with Crippen molar-refractivity contribution in [1.29, 1.82) is 0 Å². The summed E-state index contributed by atoms with van der Waals surface area (Å²) in [7, 11) is 0. The Hall–Kier alpha value is -5.61. The fraction of sp³-hybridized carbons (Fsp3) is 0. The molecule has 0 saturated heterocycles. The Morgan fingerprint density at radius 1 is 0.512 bits per heavy atom. The number of furan rings is 1. The predicted molar refractivity (Wildman–Crippen MR) is 166 cm³/mol. The summed E-state index contributed by atoms with van der Waals surface area (Å²) in [4.78, 5) is 7.22. The van der Waals surface area contributed by atoms with Gasteiger partial charge in [-0.3, -0.25) is 0 Å². The van der Waals surface area contributed by atoms with Gasteiger partial charge in [0.1, 0.15) is 16.9 Å². The number of benzene rings is 6. The lowest BCUT2D eigenvalue weighted by Crippen LogP contribution is -2.09. The molecule has 9 rings (SSSR count). The molecule has 1 aliphatic carbocycles. The fourth-order valence-corrected chi connectivity index (χ4v) is 6.17. The van der Waals surface area contributed by atoms with Crippen molar-refractivity contribution < 1.29 is 8.83 Å². The number of para-hydroxylation sites is 2. The van der Waals surface area contributed by atoms with Crippen LogP contribution in [0.4, 0.5) is 17.1 Å². The van der Waals surface area contributed by atoms with Crippen molar-refractivity contribution in [1.82, 2.24) is 4.98 Å². The minimum Gasteiger partial charge on any atom is -0.456 e. The molecule has 0 aliphatic heterocycles. The van der Waals surface area contributed by atoms with Crippen LogP contribution in [0.1, 0.15) is 0 Å². The van der Waals surface area contributed by atoms with Crippen LogP contribution in [0.15, 0.2) is 142 Å². The zero-order valence-electron chi connectivity index (χ0n) is 21.9. The Morgan fingerprint density at radius 3 is 2.07 bits per heavy atom. The molecule has 0 spiro atoms. The number of hydrogen-bond donors (Lipinski definition) is 0. The van der Waals surface area contributed by atoms with Crippen LogP contribution in [0.5, 0.6) is 0 Å². The van der Waals surface area contributed by atoms with E-state index in [0.717, 1.165) is 67.1 Å². The first-order valence-electron chi connectivity index (χ1n) is 13.7. The maximum Gasteiger partial charge on any atom is 0.227 e. The van der Waals surface area contributed by atoms with E-state index in [9.17, 15) is 0 Å². The van der Waals surface area contributed by atoms with E-state index in [1.165, 1.54) is 10.8 Å². The summed E-state index contributed by atoms with van der Waals surface area (Å²) in [5.74, 6) is 1.48. The molecule has 0 fully saturated rings. The number of hydrogen-bond acceptors (Lipinski definition) is 4. The molecule has 4 heteroatoms. The van der Waals surface area contributed by atoms with Crippen molar-refractivity contribution >= 4 is 49.8 Å². The van der Waals surface area contributed by atoms with E-state index in [1.54, 1.807) is 0 Å². The molecule has 6 aromatic carbocycles. The van der Waals surface area contributed by atoms with Gasteiger partial charge in [0.2, 0.25) is 5.89 Å². The molecule has 1 aliphatic rings. The highest BCUT2D eigenvalue weighted by molar-refractivity contribution is 6.13. The summed E-state index contributed by atoms with van der Waals surface area (Å²) in [5.41, 5.74) is 9.06. The van der Waals surface area contributed by atoms with Crippen LogP contribution in [-0.4, -0.2) is 4.98 Å². The van der Waals surface area contributed by atoms with Crippen molar-refractivity contribution in [2.24, 2.45) is 0 Å². The second-order valence-electron chi connectivity index (χ2n) is 10.4. The molecule has 0 N–H and O–H groups in total. The Kier molecular flexibility index (Phi) is 4.58. The molecule has 2 heterocycles. The van der Waals surface area contributed by atoms with Gasteiger partial charge in [-0.15, -0.1) is 0 Å². The average molecular weight is 527 g/mol. The normalized spacial score (nSPS) is 11.9. The van der Waals surface area contributed by atoms with E-state index in [-0.39, 0.29) is 0 Å². The lowest BCUT2D eigenvalue weighted by molar-refractivity contribution is 0.590. The van der Waals surface area contributed by atoms with Gasteiger partial charge in [-0.2, -0.15) is 0 Å². The third kappa shape index (κ3) is 3.31. The minimum atomic E-state index is 0.630. The van der Waals surface area contributed by atoms with E-state index in [0.29, 0.717) is 5.89 Å². The van der Waals surface area contributed by atoms with Gasteiger partial charge < -0.3 is 13.7 Å². The van der Waals surface area contributed by atoms with Crippen molar-refractivity contribution in [3.8, 4) is 34.0 Å². The van der Waals surface area contributed by atoms with E-state index in [2.05, 4.69) is 120 Å². The summed E-state index contributed by atoms with van der Waals surface area (Å²) in [6.45, 7) is 0. The number of anilines is 3. The van der Waals surface area contributed by atoms with Gasteiger partial charge in [-0.05, 0) is 66.0 Å².